The van der Waals surface area contributed by atoms with Crippen molar-refractivity contribution in [2.24, 2.45) is 0 Å². The Labute approximate surface area is 123 Å². The standard InChI is InChI=1S/C3H6.CH3.3Y/c1-3-2;;;;/h1-3H2;1H3;;;/q-2;-1;;;. The van der Waals surface area contributed by atoms with Crippen molar-refractivity contribution in [2.45, 2.75) is 6.42 Å². The van der Waals surface area contributed by atoms with Crippen molar-refractivity contribution in [3.05, 3.63) is 21.3 Å². The molecular formula is C4H9Y3-3. The first kappa shape index (κ1) is 31.7. The van der Waals surface area contributed by atoms with E-state index in [1.807, 2.05) is 0 Å². The van der Waals surface area contributed by atoms with Crippen LogP contribution in [0, 0.1) is 21.3 Å². The maximum Gasteiger partial charge on any atom is 0 e. The third-order valence-electron chi connectivity index (χ3n) is 0. The molecule has 0 aromatic carbocycles. The van der Waals surface area contributed by atoms with Gasteiger partial charge in [0.05, 0.1) is 0 Å². The van der Waals surface area contributed by atoms with Gasteiger partial charge in [0.25, 0.3) is 0 Å². The van der Waals surface area contributed by atoms with Crippen LogP contribution in [-0.4, -0.2) is 0 Å². The zero-order chi connectivity index (χ0) is 2.71. The van der Waals surface area contributed by atoms with Crippen LogP contribution in [-0.2, 0) is 98.1 Å². The average molecular weight is 324 g/mol. The molecular weight excluding hydrogens is 315 g/mol. The third-order valence-corrected chi connectivity index (χ3v) is 0. The molecule has 0 aliphatic heterocycles. The summed E-state index contributed by atoms with van der Waals surface area (Å²) in [6.45, 7) is 6.75. The Morgan fingerprint density at radius 3 is 0.857 bits per heavy atom. The first-order valence-corrected chi connectivity index (χ1v) is 1.000. The van der Waals surface area contributed by atoms with Crippen LogP contribution in [0.15, 0.2) is 0 Å². The van der Waals surface area contributed by atoms with Crippen LogP contribution in [0.1, 0.15) is 6.42 Å². The molecule has 37 valence electrons. The summed E-state index contributed by atoms with van der Waals surface area (Å²) in [7, 11) is 0. The van der Waals surface area contributed by atoms with Gasteiger partial charge in [-0.25, -0.2) is 0 Å². The fourth-order valence-electron chi connectivity index (χ4n) is 0. The summed E-state index contributed by atoms with van der Waals surface area (Å²) in [5.74, 6) is 0. The van der Waals surface area contributed by atoms with Gasteiger partial charge in [-0.2, -0.15) is 0 Å². The molecule has 7 heavy (non-hydrogen) atoms. The predicted octanol–water partition coefficient (Wildman–Crippen LogP) is 1.49. The Hall–Kier alpha value is 3.31. The van der Waals surface area contributed by atoms with E-state index in [0.717, 1.165) is 6.42 Å². The molecule has 0 nitrogen and oxygen atoms in total. The molecule has 0 unspecified atom stereocenters. The summed E-state index contributed by atoms with van der Waals surface area (Å²) >= 11 is 0. The molecule has 0 aromatic rings. The minimum Gasteiger partial charge on any atom is -0.372 e. The van der Waals surface area contributed by atoms with Crippen molar-refractivity contribution >= 4 is 0 Å². The Kier molecular flexibility index (Phi) is 157. The summed E-state index contributed by atoms with van der Waals surface area (Å²) < 4.78 is 0. The Morgan fingerprint density at radius 1 is 0.857 bits per heavy atom. The monoisotopic (exact) mass is 324 g/mol. The van der Waals surface area contributed by atoms with Crippen LogP contribution in [0.4, 0.5) is 0 Å². The Morgan fingerprint density at radius 2 is 0.857 bits per heavy atom. The van der Waals surface area contributed by atoms with E-state index in [1.165, 1.54) is 0 Å². The first-order valence-electron chi connectivity index (χ1n) is 1.000. The fourth-order valence-corrected chi connectivity index (χ4v) is 0. The van der Waals surface area contributed by atoms with Crippen molar-refractivity contribution < 1.29 is 98.1 Å². The molecule has 3 heteroatoms. The van der Waals surface area contributed by atoms with Crippen LogP contribution in [0.5, 0.6) is 0 Å². The second-order valence-corrected chi connectivity index (χ2v) is 0.354. The third kappa shape index (κ3) is 45.4. The SMILES string of the molecule is [CH2-]C[CH2-].[CH3-].[Y].[Y].[Y]. The van der Waals surface area contributed by atoms with Crippen molar-refractivity contribution in [3.8, 4) is 0 Å². The van der Waals surface area contributed by atoms with Gasteiger partial charge in [0.1, 0.15) is 0 Å². The normalized spacial score (nSPS) is 2.57. The summed E-state index contributed by atoms with van der Waals surface area (Å²) in [6, 6.07) is 0. The zero-order valence-electron chi connectivity index (χ0n) is 4.85. The summed E-state index contributed by atoms with van der Waals surface area (Å²) in [5, 5.41) is 0. The van der Waals surface area contributed by atoms with E-state index >= 15 is 0 Å². The molecule has 0 saturated heterocycles. The van der Waals surface area contributed by atoms with Crippen molar-refractivity contribution in [1.82, 2.24) is 0 Å². The molecule has 0 saturated carbocycles. The maximum absolute atomic E-state index is 3.38. The van der Waals surface area contributed by atoms with E-state index in [2.05, 4.69) is 13.8 Å². The first-order chi connectivity index (χ1) is 1.41. The fraction of sp³-hybridized carbons (Fsp3) is 0.250. The van der Waals surface area contributed by atoms with Gasteiger partial charge in [0, 0.05) is 98.1 Å². The van der Waals surface area contributed by atoms with E-state index in [-0.39, 0.29) is 106 Å². The smallest absolute Gasteiger partial charge is 0 e. The zero-order valence-corrected chi connectivity index (χ0v) is 13.4. The Balaban J connectivity index is -0.00000000333. The van der Waals surface area contributed by atoms with E-state index in [0.29, 0.717) is 0 Å². The van der Waals surface area contributed by atoms with Gasteiger partial charge in [-0.3, -0.25) is 0 Å². The minimum atomic E-state index is 0. The molecule has 0 amide bonds. The van der Waals surface area contributed by atoms with E-state index in [9.17, 15) is 0 Å². The van der Waals surface area contributed by atoms with Gasteiger partial charge < -0.3 is 27.7 Å². The van der Waals surface area contributed by atoms with E-state index < -0.39 is 0 Å². The molecule has 0 bridgehead atoms. The van der Waals surface area contributed by atoms with Gasteiger partial charge >= 0.3 is 0 Å². The molecule has 0 heterocycles. The average Bonchev–Trinajstić information content (AvgIpc) is 0.918. The Bertz CT molecular complexity index is 6.90. The summed E-state index contributed by atoms with van der Waals surface area (Å²) in [5.41, 5.74) is 0. The quantitative estimate of drug-likeness (QED) is 0.593. The van der Waals surface area contributed by atoms with Crippen molar-refractivity contribution in [3.63, 3.8) is 0 Å². The molecule has 0 aromatic heterocycles. The van der Waals surface area contributed by atoms with Gasteiger partial charge in [0.15, 0.2) is 0 Å². The van der Waals surface area contributed by atoms with Crippen LogP contribution in [0.2, 0.25) is 0 Å². The van der Waals surface area contributed by atoms with Crippen LogP contribution in [0.3, 0.4) is 0 Å². The topological polar surface area (TPSA) is 0 Å². The number of hydrogen-bond donors (Lipinski definition) is 0. The minimum absolute atomic E-state index is 0. The predicted molar refractivity (Wildman–Crippen MR) is 21.7 cm³/mol. The molecule has 0 aliphatic rings. The molecule has 0 fully saturated rings. The largest absolute Gasteiger partial charge is 0.372 e. The molecule has 0 aliphatic carbocycles. The van der Waals surface area contributed by atoms with E-state index in [1.54, 1.807) is 0 Å². The summed E-state index contributed by atoms with van der Waals surface area (Å²) in [6.07, 6.45) is 0.750. The maximum atomic E-state index is 3.38. The van der Waals surface area contributed by atoms with Crippen LogP contribution >= 0.6 is 0 Å². The second-order valence-electron chi connectivity index (χ2n) is 0.354. The second kappa shape index (κ2) is 34.6. The van der Waals surface area contributed by atoms with E-state index in [4.69, 9.17) is 0 Å². The van der Waals surface area contributed by atoms with Gasteiger partial charge in [-0.15, -0.1) is 0 Å². The van der Waals surface area contributed by atoms with Crippen molar-refractivity contribution in [2.75, 3.05) is 0 Å². The molecule has 0 N–H and O–H groups in total. The van der Waals surface area contributed by atoms with Gasteiger partial charge in [-0.05, 0) is 0 Å². The van der Waals surface area contributed by atoms with Crippen LogP contribution < -0.4 is 0 Å². The molecule has 0 spiro atoms. The number of hydrogen-bond acceptors (Lipinski definition) is 0. The van der Waals surface area contributed by atoms with Crippen LogP contribution in [0.25, 0.3) is 0 Å². The molecule has 3 radical (unpaired) electrons. The van der Waals surface area contributed by atoms with Gasteiger partial charge in [-0.1, -0.05) is 0 Å². The van der Waals surface area contributed by atoms with Crippen molar-refractivity contribution in [1.29, 1.82) is 0 Å². The number of rotatable bonds is 0. The molecule has 0 atom stereocenters. The summed E-state index contributed by atoms with van der Waals surface area (Å²) in [4.78, 5) is 0. The molecule has 0 rings (SSSR count). The van der Waals surface area contributed by atoms with Gasteiger partial charge in [0.2, 0.25) is 0 Å².